The number of hydrogen-bond acceptors (Lipinski definition) is 0. The van der Waals surface area contributed by atoms with Crippen LogP contribution in [0.3, 0.4) is 0 Å². The van der Waals surface area contributed by atoms with Gasteiger partial charge in [-0.15, -0.1) is 0 Å². The Balaban J connectivity index is 5.84. The van der Waals surface area contributed by atoms with Gasteiger partial charge in [0.25, 0.3) is 0 Å². The monoisotopic (exact) mass is 606 g/mol. The molecule has 0 heterocycles. The Morgan fingerprint density at radius 3 is 0.679 bits per heavy atom. The molecular weight excluding hydrogens is 550 g/mol. The van der Waals surface area contributed by atoms with Gasteiger partial charge in [-0.25, -0.2) is 0 Å². The van der Waals surface area contributed by atoms with Crippen molar-refractivity contribution in [2.45, 2.75) is 145 Å². The molecule has 28 heavy (non-hydrogen) atoms. The molecule has 0 nitrogen and oxygen atoms in total. The average molecular weight is 604 g/mol. The van der Waals surface area contributed by atoms with Crippen LogP contribution in [0, 0.1) is 7.87 Å². The third-order valence-corrected chi connectivity index (χ3v) is 34.9. The quantitative estimate of drug-likeness (QED) is 0.108. The molecule has 0 aliphatic carbocycles. The Morgan fingerprint density at radius 1 is 0.357 bits per heavy atom. The van der Waals surface area contributed by atoms with Gasteiger partial charge < -0.3 is 0 Å². The summed E-state index contributed by atoms with van der Waals surface area (Å²) >= 11 is -4.57. The number of unbranched alkanes of at least 4 members (excludes halogenated alkanes) is 6. The zero-order valence-corrected chi connectivity index (χ0v) is 26.4. The molecule has 0 spiro atoms. The van der Waals surface area contributed by atoms with Crippen molar-refractivity contribution in [1.82, 2.24) is 0 Å². The first-order chi connectivity index (χ1) is 13.6. The van der Waals surface area contributed by atoms with E-state index < -0.39 is 36.8 Å². The summed E-state index contributed by atoms with van der Waals surface area (Å²) in [7, 11) is 0. The summed E-state index contributed by atoms with van der Waals surface area (Å²) in [4.78, 5) is 0. The third kappa shape index (κ3) is 12.8. The molecule has 0 fully saturated rings. The molecule has 0 amide bonds. The Hall–Kier alpha value is 1.16. The van der Waals surface area contributed by atoms with E-state index in [1.807, 2.05) is 0 Å². The Bertz CT molecular complexity index is 325. The van der Waals surface area contributed by atoms with Crippen LogP contribution in [0.4, 0.5) is 0 Å². The van der Waals surface area contributed by atoms with Gasteiger partial charge in [0, 0.05) is 0 Å². The summed E-state index contributed by atoms with van der Waals surface area (Å²) in [6.07, 6.45) is 17.0. The summed E-state index contributed by atoms with van der Waals surface area (Å²) in [6, 6.07) is 0. The predicted molar refractivity (Wildman–Crippen MR) is 138 cm³/mol. The standard InChI is InChI=1S/6C4H9.C2.2Sn/c6*1-3-4-2;1-2;;/h6*1,3-4H2,2H3;;;. The van der Waals surface area contributed by atoms with E-state index in [-0.39, 0.29) is 0 Å². The van der Waals surface area contributed by atoms with Crippen LogP contribution in [0.25, 0.3) is 0 Å². The van der Waals surface area contributed by atoms with Crippen LogP contribution < -0.4 is 0 Å². The van der Waals surface area contributed by atoms with Gasteiger partial charge in [0.1, 0.15) is 0 Å². The number of rotatable bonds is 18. The Morgan fingerprint density at radius 2 is 0.536 bits per heavy atom. The SMILES string of the molecule is CCC[CH2][Sn]([C]#[C][Sn]([CH2]CCC)([CH2]CCC)[CH2]CCC)([CH2]CCC)[CH2]CCC. The topological polar surface area (TPSA) is 0 Å². The molecule has 0 unspecified atom stereocenters. The zero-order chi connectivity index (χ0) is 21.1. The van der Waals surface area contributed by atoms with Crippen molar-refractivity contribution in [3.05, 3.63) is 0 Å². The van der Waals surface area contributed by atoms with Gasteiger partial charge in [-0.2, -0.15) is 0 Å². The van der Waals surface area contributed by atoms with Crippen LogP contribution in [0.5, 0.6) is 0 Å². The maximum atomic E-state index is 4.36. The molecule has 0 aromatic rings. The van der Waals surface area contributed by atoms with Crippen LogP contribution in [0.15, 0.2) is 0 Å². The van der Waals surface area contributed by atoms with Crippen molar-refractivity contribution in [2.75, 3.05) is 0 Å². The van der Waals surface area contributed by atoms with Gasteiger partial charge in [-0.3, -0.25) is 0 Å². The Kier molecular flexibility index (Phi) is 19.7. The normalized spacial score (nSPS) is 12.1. The summed E-state index contributed by atoms with van der Waals surface area (Å²) in [5, 5.41) is 0. The van der Waals surface area contributed by atoms with E-state index in [4.69, 9.17) is 0 Å². The minimum absolute atomic E-state index is 1.37. The van der Waals surface area contributed by atoms with Gasteiger partial charge in [0.2, 0.25) is 0 Å². The average Bonchev–Trinajstić information content (AvgIpc) is 2.73. The maximum absolute atomic E-state index is 4.36. The van der Waals surface area contributed by atoms with Crippen molar-refractivity contribution < 1.29 is 0 Å². The Labute approximate surface area is 188 Å². The summed E-state index contributed by atoms with van der Waals surface area (Å²) in [5.41, 5.74) is 0. The molecule has 0 aromatic heterocycles. The van der Waals surface area contributed by atoms with Gasteiger partial charge in [-0.1, -0.05) is 0 Å². The van der Waals surface area contributed by atoms with E-state index in [0.29, 0.717) is 0 Å². The molecule has 0 N–H and O–H groups in total. The van der Waals surface area contributed by atoms with E-state index in [1.54, 1.807) is 26.6 Å². The predicted octanol–water partition coefficient (Wildman–Crippen LogP) is 9.77. The molecule has 0 saturated carbocycles. The third-order valence-electron chi connectivity index (χ3n) is 6.65. The fourth-order valence-electron chi connectivity index (χ4n) is 4.48. The summed E-state index contributed by atoms with van der Waals surface area (Å²) < 4.78 is 18.1. The van der Waals surface area contributed by atoms with Crippen LogP contribution in [0.1, 0.15) is 119 Å². The van der Waals surface area contributed by atoms with E-state index in [2.05, 4.69) is 49.4 Å². The molecule has 0 atom stereocenters. The first-order valence-electron chi connectivity index (χ1n) is 13.1. The van der Waals surface area contributed by atoms with Gasteiger partial charge in [0.15, 0.2) is 0 Å². The van der Waals surface area contributed by atoms with E-state index >= 15 is 0 Å². The second-order valence-corrected chi connectivity index (χ2v) is 34.0. The fraction of sp³-hybridized carbons (Fsp3) is 0.923. The molecule has 0 radical (unpaired) electrons. The molecule has 0 aliphatic heterocycles. The second-order valence-electron chi connectivity index (χ2n) is 9.43. The van der Waals surface area contributed by atoms with Crippen LogP contribution in [-0.2, 0) is 0 Å². The number of hydrogen-bond donors (Lipinski definition) is 0. The second kappa shape index (κ2) is 18.9. The van der Waals surface area contributed by atoms with E-state index in [1.165, 1.54) is 77.0 Å². The summed E-state index contributed by atoms with van der Waals surface area (Å²) in [6.45, 7) is 14.3. The minimum atomic E-state index is -2.28. The van der Waals surface area contributed by atoms with Crippen molar-refractivity contribution >= 4 is 36.8 Å². The van der Waals surface area contributed by atoms with E-state index in [9.17, 15) is 0 Å². The van der Waals surface area contributed by atoms with Gasteiger partial charge in [0.05, 0.1) is 0 Å². The van der Waals surface area contributed by atoms with Crippen molar-refractivity contribution in [1.29, 1.82) is 0 Å². The van der Waals surface area contributed by atoms with Crippen LogP contribution in [-0.4, -0.2) is 36.8 Å². The molecule has 2 heteroatoms. The molecule has 166 valence electrons. The molecule has 0 aromatic carbocycles. The van der Waals surface area contributed by atoms with Crippen LogP contribution >= 0.6 is 0 Å². The molecule has 0 rings (SSSR count). The van der Waals surface area contributed by atoms with Crippen molar-refractivity contribution in [3.63, 3.8) is 0 Å². The zero-order valence-electron chi connectivity index (χ0n) is 20.7. The summed E-state index contributed by atoms with van der Waals surface area (Å²) in [5.74, 6) is 0. The first kappa shape index (κ1) is 29.2. The molecule has 0 bridgehead atoms. The van der Waals surface area contributed by atoms with Gasteiger partial charge >= 0.3 is 190 Å². The van der Waals surface area contributed by atoms with Crippen LogP contribution in [0.2, 0.25) is 26.6 Å². The van der Waals surface area contributed by atoms with Crippen molar-refractivity contribution in [3.8, 4) is 7.87 Å². The molecular formula is C26H54Sn2. The molecule has 0 aliphatic rings. The van der Waals surface area contributed by atoms with Gasteiger partial charge in [-0.05, 0) is 0 Å². The van der Waals surface area contributed by atoms with E-state index in [0.717, 1.165) is 0 Å². The fourth-order valence-corrected chi connectivity index (χ4v) is 40.2. The van der Waals surface area contributed by atoms with Crippen molar-refractivity contribution in [2.24, 2.45) is 0 Å². The first-order valence-corrected chi connectivity index (χ1v) is 28.1. The molecule has 0 saturated heterocycles.